The lowest BCUT2D eigenvalue weighted by atomic mass is 9.64. The summed E-state index contributed by atoms with van der Waals surface area (Å²) in [6.45, 7) is 8.37. The predicted octanol–water partition coefficient (Wildman–Crippen LogP) is 0.689. The van der Waals surface area contributed by atoms with Crippen LogP contribution in [0.15, 0.2) is 5.16 Å². The molecule has 1 saturated carbocycles. The summed E-state index contributed by atoms with van der Waals surface area (Å²) in [6.07, 6.45) is 0.974. The molecule has 0 aromatic carbocycles. The number of carbonyl (C=O) groups excluding carboxylic acids is 1. The minimum Gasteiger partial charge on any atom is -0.409 e. The van der Waals surface area contributed by atoms with Crippen molar-refractivity contribution in [2.45, 2.75) is 46.3 Å². The van der Waals surface area contributed by atoms with Crippen molar-refractivity contribution in [1.82, 2.24) is 5.32 Å². The lowest BCUT2D eigenvalue weighted by Crippen LogP contribution is -2.63. The number of nitrogens with one attached hydrogen (secondary N) is 1. The molecule has 1 rings (SSSR count). The van der Waals surface area contributed by atoms with Crippen LogP contribution in [0.3, 0.4) is 0 Å². The summed E-state index contributed by atoms with van der Waals surface area (Å²) < 4.78 is 5.59. The van der Waals surface area contributed by atoms with Crippen LogP contribution in [0.4, 0.5) is 0 Å². The lowest BCUT2D eigenvalue weighted by molar-refractivity contribution is -0.137. The molecule has 0 aromatic rings. The van der Waals surface area contributed by atoms with E-state index in [1.165, 1.54) is 0 Å². The van der Waals surface area contributed by atoms with E-state index in [4.69, 9.17) is 15.7 Å². The Balaban J connectivity index is 2.53. The van der Waals surface area contributed by atoms with Gasteiger partial charge >= 0.3 is 0 Å². The van der Waals surface area contributed by atoms with Crippen molar-refractivity contribution >= 4 is 11.7 Å². The van der Waals surface area contributed by atoms with E-state index in [0.717, 1.165) is 6.42 Å². The van der Waals surface area contributed by atoms with Crippen molar-refractivity contribution in [2.75, 3.05) is 6.61 Å². The number of nitrogens with zero attached hydrogens (tertiary/aromatic N) is 1. The van der Waals surface area contributed by atoms with E-state index in [0.29, 0.717) is 6.61 Å². The molecule has 6 heteroatoms. The predicted molar refractivity (Wildman–Crippen MR) is 68.3 cm³/mol. The Morgan fingerprint density at radius 2 is 2.28 bits per heavy atom. The first-order valence-electron chi connectivity index (χ1n) is 6.24. The van der Waals surface area contributed by atoms with Gasteiger partial charge in [0, 0.05) is 18.1 Å². The van der Waals surface area contributed by atoms with Crippen LogP contribution < -0.4 is 11.1 Å². The normalized spacial score (nSPS) is 28.3. The molecule has 104 valence electrons. The Labute approximate surface area is 108 Å². The second-order valence-corrected chi connectivity index (χ2v) is 5.31. The number of carbonyl (C=O) groups is 1. The first kappa shape index (κ1) is 14.8. The van der Waals surface area contributed by atoms with Crippen molar-refractivity contribution in [3.8, 4) is 0 Å². The summed E-state index contributed by atoms with van der Waals surface area (Å²) in [5, 5.41) is 14.3. The fourth-order valence-corrected chi connectivity index (χ4v) is 2.13. The molecule has 0 aromatic heterocycles. The number of amides is 1. The summed E-state index contributed by atoms with van der Waals surface area (Å²) >= 11 is 0. The van der Waals surface area contributed by atoms with Crippen LogP contribution in [0, 0.1) is 11.3 Å². The van der Waals surface area contributed by atoms with Crippen LogP contribution >= 0.6 is 0 Å². The summed E-state index contributed by atoms with van der Waals surface area (Å²) in [5.41, 5.74) is 5.32. The first-order valence-corrected chi connectivity index (χ1v) is 6.24. The van der Waals surface area contributed by atoms with Crippen LogP contribution in [0.1, 0.15) is 34.1 Å². The highest BCUT2D eigenvalue weighted by atomic mass is 16.5. The molecule has 3 atom stereocenters. The molecule has 0 heterocycles. The van der Waals surface area contributed by atoms with Gasteiger partial charge in [0.15, 0.2) is 5.84 Å². The third-order valence-electron chi connectivity index (χ3n) is 3.81. The minimum atomic E-state index is -0.628. The molecular weight excluding hydrogens is 234 g/mol. The summed E-state index contributed by atoms with van der Waals surface area (Å²) in [4.78, 5) is 11.9. The van der Waals surface area contributed by atoms with Crippen LogP contribution in [-0.2, 0) is 9.53 Å². The van der Waals surface area contributed by atoms with Crippen LogP contribution in [0.2, 0.25) is 0 Å². The monoisotopic (exact) mass is 257 g/mol. The second-order valence-electron chi connectivity index (χ2n) is 5.31. The van der Waals surface area contributed by atoms with E-state index in [9.17, 15) is 4.79 Å². The zero-order valence-electron chi connectivity index (χ0n) is 11.4. The van der Waals surface area contributed by atoms with Gasteiger partial charge in [-0.15, -0.1) is 0 Å². The standard InChI is InChI=1S/C12H23N3O3/c1-5-18-9-6-8(12(9,3)4)14-11(16)7(2)10(13)15-17/h7-9,17H,5-6H2,1-4H3,(H2,13,15)(H,14,16). The molecule has 1 aliphatic carbocycles. The van der Waals surface area contributed by atoms with Crippen LogP contribution in [0.25, 0.3) is 0 Å². The molecule has 0 radical (unpaired) electrons. The second kappa shape index (κ2) is 5.56. The molecule has 0 aliphatic heterocycles. The highest BCUT2D eigenvalue weighted by Gasteiger charge is 2.49. The van der Waals surface area contributed by atoms with Crippen LogP contribution in [0.5, 0.6) is 0 Å². The fourth-order valence-electron chi connectivity index (χ4n) is 2.13. The zero-order chi connectivity index (χ0) is 13.9. The SMILES string of the molecule is CCOC1CC(NC(=O)C(C)C(N)=NO)C1(C)C. The topological polar surface area (TPSA) is 96.9 Å². The molecule has 6 nitrogen and oxygen atoms in total. The van der Waals surface area contributed by atoms with E-state index in [1.54, 1.807) is 6.92 Å². The van der Waals surface area contributed by atoms with E-state index in [1.807, 2.05) is 6.92 Å². The number of hydrogen-bond acceptors (Lipinski definition) is 4. The maximum absolute atomic E-state index is 11.9. The van der Waals surface area contributed by atoms with Gasteiger partial charge in [-0.2, -0.15) is 0 Å². The molecule has 4 N–H and O–H groups in total. The van der Waals surface area contributed by atoms with Gasteiger partial charge in [-0.25, -0.2) is 0 Å². The smallest absolute Gasteiger partial charge is 0.230 e. The molecule has 1 amide bonds. The number of ether oxygens (including phenoxy) is 1. The maximum Gasteiger partial charge on any atom is 0.230 e. The van der Waals surface area contributed by atoms with Gasteiger partial charge < -0.3 is 21.0 Å². The van der Waals surface area contributed by atoms with Gasteiger partial charge in [0.2, 0.25) is 5.91 Å². The molecule has 0 bridgehead atoms. The zero-order valence-corrected chi connectivity index (χ0v) is 11.4. The van der Waals surface area contributed by atoms with Gasteiger partial charge in [0.1, 0.15) is 0 Å². The van der Waals surface area contributed by atoms with Gasteiger partial charge in [-0.1, -0.05) is 19.0 Å². The number of hydrogen-bond donors (Lipinski definition) is 3. The third-order valence-corrected chi connectivity index (χ3v) is 3.81. The maximum atomic E-state index is 11.9. The molecule has 0 spiro atoms. The summed E-state index contributed by atoms with van der Waals surface area (Å²) in [7, 11) is 0. The fraction of sp³-hybridized carbons (Fsp3) is 0.833. The van der Waals surface area contributed by atoms with Crippen molar-refractivity contribution in [3.05, 3.63) is 0 Å². The van der Waals surface area contributed by atoms with E-state index >= 15 is 0 Å². The first-order chi connectivity index (χ1) is 8.34. The molecular formula is C12H23N3O3. The van der Waals surface area contributed by atoms with Gasteiger partial charge in [0.25, 0.3) is 0 Å². The molecule has 3 unspecified atom stereocenters. The average Bonchev–Trinajstić information content (AvgIpc) is 2.35. The Bertz CT molecular complexity index is 341. The highest BCUT2D eigenvalue weighted by molar-refractivity contribution is 6.01. The van der Waals surface area contributed by atoms with Gasteiger partial charge in [0.05, 0.1) is 12.0 Å². The van der Waals surface area contributed by atoms with E-state index in [-0.39, 0.29) is 29.3 Å². The third kappa shape index (κ3) is 2.75. The number of rotatable bonds is 5. The molecule has 1 fully saturated rings. The van der Waals surface area contributed by atoms with Gasteiger partial charge in [-0.05, 0) is 20.3 Å². The minimum absolute atomic E-state index is 0.0653. The van der Waals surface area contributed by atoms with Crippen molar-refractivity contribution in [2.24, 2.45) is 22.2 Å². The Morgan fingerprint density at radius 1 is 1.67 bits per heavy atom. The Hall–Kier alpha value is -1.30. The highest BCUT2D eigenvalue weighted by Crippen LogP contribution is 2.42. The number of oxime groups is 1. The largest absolute Gasteiger partial charge is 0.409 e. The van der Waals surface area contributed by atoms with Crippen molar-refractivity contribution < 1.29 is 14.7 Å². The molecule has 1 aliphatic rings. The van der Waals surface area contributed by atoms with Crippen LogP contribution in [-0.4, -0.2) is 35.7 Å². The van der Waals surface area contributed by atoms with Gasteiger partial charge in [-0.3, -0.25) is 4.79 Å². The Kier molecular flexibility index (Phi) is 4.56. The quantitative estimate of drug-likeness (QED) is 0.292. The number of nitrogens with two attached hydrogens (primary N) is 1. The van der Waals surface area contributed by atoms with Crippen molar-refractivity contribution in [3.63, 3.8) is 0 Å². The summed E-state index contributed by atoms with van der Waals surface area (Å²) in [6, 6.07) is 0.0653. The molecule has 0 saturated heterocycles. The molecule has 18 heavy (non-hydrogen) atoms. The number of amidine groups is 1. The lowest BCUT2D eigenvalue weighted by Gasteiger charge is -2.51. The van der Waals surface area contributed by atoms with E-state index < -0.39 is 5.92 Å². The van der Waals surface area contributed by atoms with Crippen molar-refractivity contribution in [1.29, 1.82) is 0 Å². The summed E-state index contributed by atoms with van der Waals surface area (Å²) in [5.74, 6) is -0.929. The average molecular weight is 257 g/mol. The van der Waals surface area contributed by atoms with E-state index in [2.05, 4.69) is 24.3 Å². The Morgan fingerprint density at radius 3 is 2.72 bits per heavy atom.